The summed E-state index contributed by atoms with van der Waals surface area (Å²) in [5.41, 5.74) is 2.63. The number of hydrogen-bond donors (Lipinski definition) is 0. The van der Waals surface area contributed by atoms with Gasteiger partial charge >= 0.3 is 0 Å². The van der Waals surface area contributed by atoms with Gasteiger partial charge in [0, 0.05) is 76.4 Å². The Morgan fingerprint density at radius 1 is 1.18 bits per heavy atom. The number of aryl methyl sites for hydroxylation is 1. The van der Waals surface area contributed by atoms with E-state index in [1.54, 1.807) is 24.6 Å². The first-order chi connectivity index (χ1) is 16.4. The van der Waals surface area contributed by atoms with Gasteiger partial charge in [-0.1, -0.05) is 0 Å². The largest absolute Gasteiger partial charge is 0.468 e. The minimum atomic E-state index is 0.0129. The Kier molecular flexibility index (Phi) is 7.68. The van der Waals surface area contributed by atoms with Crippen molar-refractivity contribution in [2.75, 3.05) is 57.8 Å². The molecule has 0 N–H and O–H groups in total. The lowest BCUT2D eigenvalue weighted by Crippen LogP contribution is -2.54. The van der Waals surface area contributed by atoms with Crippen LogP contribution >= 0.6 is 0 Å². The molecule has 8 heteroatoms. The fraction of sp³-hybridized carbons (Fsp3) is 0.577. The number of hydrogen-bond acceptors (Lipinski definition) is 7. The summed E-state index contributed by atoms with van der Waals surface area (Å²) in [6, 6.07) is 8.51. The van der Waals surface area contributed by atoms with Crippen LogP contribution < -0.4 is 10.5 Å². The molecule has 0 radical (unpaired) electrons. The van der Waals surface area contributed by atoms with E-state index >= 15 is 0 Å². The van der Waals surface area contributed by atoms with Gasteiger partial charge in [0.1, 0.15) is 5.82 Å². The van der Waals surface area contributed by atoms with Crippen LogP contribution in [0.5, 0.6) is 0 Å². The number of aromatic nitrogens is 2. The molecule has 2 aromatic rings. The summed E-state index contributed by atoms with van der Waals surface area (Å²) in [4.78, 5) is 33.6. The quantitative estimate of drug-likeness (QED) is 0.625. The third-order valence-electron chi connectivity index (χ3n) is 7.45. The van der Waals surface area contributed by atoms with Crippen molar-refractivity contribution in [3.63, 3.8) is 0 Å². The van der Waals surface area contributed by atoms with Gasteiger partial charge in [0.25, 0.3) is 12.0 Å². The number of piperazine rings is 1. The Hall–Kier alpha value is -2.71. The fourth-order valence-electron chi connectivity index (χ4n) is 5.83. The Morgan fingerprint density at radius 3 is 2.56 bits per heavy atom. The highest BCUT2D eigenvalue weighted by atomic mass is 16.5. The zero-order chi connectivity index (χ0) is 24.1. The molecule has 184 valence electrons. The summed E-state index contributed by atoms with van der Waals surface area (Å²) in [6.45, 7) is 9.44. The number of carbonyl (C=O) groups excluding carboxylic acids is 1. The van der Waals surface area contributed by atoms with Crippen LogP contribution in [0.3, 0.4) is 0 Å². The molecule has 2 saturated heterocycles. The molecule has 1 saturated carbocycles. The molecule has 1 unspecified atom stereocenters. The Bertz CT molecular complexity index is 1030. The molecule has 3 aliphatic rings. The van der Waals surface area contributed by atoms with E-state index in [1.165, 1.54) is 32.4 Å². The van der Waals surface area contributed by atoms with Crippen LogP contribution in [0.15, 0.2) is 41.5 Å². The number of ether oxygens (including phenoxy) is 1. The third-order valence-corrected chi connectivity index (χ3v) is 7.45. The van der Waals surface area contributed by atoms with Crippen LogP contribution in [0.25, 0.3) is 11.1 Å². The maximum absolute atomic E-state index is 12.1. The third kappa shape index (κ3) is 5.33. The van der Waals surface area contributed by atoms with Crippen molar-refractivity contribution in [3.05, 3.63) is 47.0 Å². The normalized spacial score (nSPS) is 22.1. The van der Waals surface area contributed by atoms with E-state index in [4.69, 9.17) is 4.98 Å². The van der Waals surface area contributed by atoms with E-state index in [-0.39, 0.29) is 5.56 Å². The van der Waals surface area contributed by atoms with E-state index < -0.39 is 0 Å². The van der Waals surface area contributed by atoms with Gasteiger partial charge < -0.3 is 19.1 Å². The van der Waals surface area contributed by atoms with Crippen molar-refractivity contribution in [1.82, 2.24) is 19.4 Å². The number of likely N-dealkylation sites (tertiary alicyclic amines) is 1. The van der Waals surface area contributed by atoms with Crippen LogP contribution in [0.2, 0.25) is 0 Å². The van der Waals surface area contributed by atoms with E-state index in [9.17, 15) is 9.59 Å². The zero-order valence-electron chi connectivity index (χ0n) is 20.7. The van der Waals surface area contributed by atoms with Crippen molar-refractivity contribution in [2.45, 2.75) is 32.2 Å². The molecule has 0 amide bonds. The smallest absolute Gasteiger partial charge is 0.293 e. The van der Waals surface area contributed by atoms with Crippen molar-refractivity contribution < 1.29 is 9.53 Å². The van der Waals surface area contributed by atoms with Crippen molar-refractivity contribution in [1.29, 1.82) is 0 Å². The molecule has 3 fully saturated rings. The van der Waals surface area contributed by atoms with E-state index in [0.29, 0.717) is 18.5 Å². The van der Waals surface area contributed by atoms with Crippen molar-refractivity contribution in [2.24, 2.45) is 12.5 Å². The minimum Gasteiger partial charge on any atom is -0.468 e. The van der Waals surface area contributed by atoms with Crippen molar-refractivity contribution in [3.8, 4) is 11.1 Å². The first kappa shape index (κ1) is 24.4. The van der Waals surface area contributed by atoms with Gasteiger partial charge in [-0.2, -0.15) is 0 Å². The molecule has 2 aromatic heterocycles. The number of carbonyl (C=O) groups is 1. The average molecular weight is 468 g/mol. The monoisotopic (exact) mass is 467 g/mol. The van der Waals surface area contributed by atoms with Crippen LogP contribution in [0, 0.1) is 5.41 Å². The molecule has 4 heterocycles. The summed E-state index contributed by atoms with van der Waals surface area (Å²) in [5, 5.41) is 0. The van der Waals surface area contributed by atoms with Gasteiger partial charge in [0.15, 0.2) is 0 Å². The maximum Gasteiger partial charge on any atom is 0.293 e. The Morgan fingerprint density at radius 2 is 1.94 bits per heavy atom. The van der Waals surface area contributed by atoms with Crippen LogP contribution in [0.4, 0.5) is 5.82 Å². The van der Waals surface area contributed by atoms with Gasteiger partial charge in [0.2, 0.25) is 0 Å². The lowest BCUT2D eigenvalue weighted by atomic mass is 9.78. The van der Waals surface area contributed by atoms with Gasteiger partial charge in [0.05, 0.1) is 6.61 Å². The lowest BCUT2D eigenvalue weighted by molar-refractivity contribution is -0.128. The fourth-order valence-corrected chi connectivity index (χ4v) is 5.83. The van der Waals surface area contributed by atoms with Crippen LogP contribution in [-0.2, 0) is 16.6 Å². The summed E-state index contributed by atoms with van der Waals surface area (Å²) in [5.74, 6) is 1.00. The zero-order valence-corrected chi connectivity index (χ0v) is 20.7. The second kappa shape index (κ2) is 10.7. The highest BCUT2D eigenvalue weighted by molar-refractivity contribution is 5.75. The first-order valence-electron chi connectivity index (χ1n) is 12.3. The Labute approximate surface area is 202 Å². The van der Waals surface area contributed by atoms with Gasteiger partial charge in [-0.05, 0) is 62.4 Å². The number of nitrogens with zero attached hydrogens (tertiary/aromatic N) is 5. The minimum absolute atomic E-state index is 0.0129. The summed E-state index contributed by atoms with van der Waals surface area (Å²) < 4.78 is 5.76. The molecule has 1 spiro atoms. The topological polar surface area (TPSA) is 70.9 Å². The number of pyridine rings is 2. The molecule has 2 aliphatic heterocycles. The molecule has 0 bridgehead atoms. The lowest BCUT2D eigenvalue weighted by Gasteiger charge is -2.47. The first-order valence-corrected chi connectivity index (χ1v) is 12.3. The van der Waals surface area contributed by atoms with E-state index in [0.717, 1.165) is 49.2 Å². The molecule has 8 nitrogen and oxygen atoms in total. The second-order valence-electron chi connectivity index (χ2n) is 9.88. The predicted molar refractivity (Wildman–Crippen MR) is 134 cm³/mol. The molecule has 34 heavy (non-hydrogen) atoms. The summed E-state index contributed by atoms with van der Waals surface area (Å²) in [7, 11) is 4.02. The second-order valence-corrected chi connectivity index (χ2v) is 9.88. The SMILES string of the molecule is CCOC=O.CN1CC2(CCC(N3CCN(c4ncccc4-c4ccn(C)c(=O)c4)CC3)C2)C1. The van der Waals surface area contributed by atoms with Gasteiger partial charge in [-0.3, -0.25) is 14.5 Å². The van der Waals surface area contributed by atoms with E-state index in [2.05, 4.69) is 32.6 Å². The number of rotatable bonds is 5. The van der Waals surface area contributed by atoms with Gasteiger partial charge in [-0.25, -0.2) is 4.98 Å². The molecule has 5 rings (SSSR count). The molecular formula is C26H37N5O3. The standard InChI is InChI=1S/C23H31N5O.C3H6O2/c1-25-16-23(17-25)7-5-19(15-23)27-10-12-28(13-11-27)22-20(4-3-8-24-22)18-6-9-26(2)21(29)14-18;1-2-5-3-4/h3-4,6,8-9,14,19H,5,7,10-13,15-17H2,1-2H3;3H,2H2,1H3. The molecule has 1 atom stereocenters. The van der Waals surface area contributed by atoms with Crippen LogP contribution in [-0.4, -0.2) is 84.8 Å². The van der Waals surface area contributed by atoms with Gasteiger partial charge in [-0.15, -0.1) is 0 Å². The van der Waals surface area contributed by atoms with E-state index in [1.807, 2.05) is 24.5 Å². The number of anilines is 1. The highest BCUT2D eigenvalue weighted by Crippen LogP contribution is 2.46. The molecular weight excluding hydrogens is 430 g/mol. The maximum atomic E-state index is 12.1. The highest BCUT2D eigenvalue weighted by Gasteiger charge is 2.48. The molecule has 0 aromatic carbocycles. The van der Waals surface area contributed by atoms with Crippen molar-refractivity contribution >= 4 is 12.3 Å². The average Bonchev–Trinajstić information content (AvgIpc) is 3.27. The van der Waals surface area contributed by atoms with Crippen LogP contribution in [0.1, 0.15) is 26.2 Å². The predicted octanol–water partition coefficient (Wildman–Crippen LogP) is 2.23. The summed E-state index contributed by atoms with van der Waals surface area (Å²) in [6.07, 6.45) is 7.82. The Balaban J connectivity index is 0.000000499. The molecule has 1 aliphatic carbocycles. The summed E-state index contributed by atoms with van der Waals surface area (Å²) >= 11 is 0.